The number of hydrogen-bond donors (Lipinski definition) is 0. The Kier molecular flexibility index (Phi) is 7.76. The molecule has 8 heteroatoms. The van der Waals surface area contributed by atoms with Crippen molar-refractivity contribution in [2.24, 2.45) is 9.26 Å². The third-order valence-electron chi connectivity index (χ3n) is 4.23. The van der Waals surface area contributed by atoms with Crippen LogP contribution in [0.4, 0.5) is 0 Å². The van der Waals surface area contributed by atoms with E-state index < -0.39 is 15.8 Å². The number of benzene rings is 4. The van der Waals surface area contributed by atoms with Crippen molar-refractivity contribution in [2.75, 3.05) is 7.05 Å². The summed E-state index contributed by atoms with van der Waals surface area (Å²) in [5.41, 5.74) is 0. The fourth-order valence-corrected chi connectivity index (χ4v) is 5.98. The maximum absolute atomic E-state index is 6.27. The van der Waals surface area contributed by atoms with Gasteiger partial charge in [0.15, 0.2) is 11.5 Å². The summed E-state index contributed by atoms with van der Waals surface area (Å²) in [7, 11) is -3.46. The van der Waals surface area contributed by atoms with Gasteiger partial charge in [0.1, 0.15) is 11.5 Å². The lowest BCUT2D eigenvalue weighted by molar-refractivity contribution is 0.469. The van der Waals surface area contributed by atoms with Crippen molar-refractivity contribution < 1.29 is 18.1 Å². The fraction of sp³-hybridized carbons (Fsp3) is 0.0400. The molecule has 4 aromatic rings. The number of nitrogens with zero attached hydrogens (tertiary/aromatic N) is 2. The second-order valence-corrected chi connectivity index (χ2v) is 9.94. The molecule has 0 aromatic heterocycles. The summed E-state index contributed by atoms with van der Waals surface area (Å²) in [5, 5.41) is 0. The zero-order valence-corrected chi connectivity index (χ0v) is 19.8. The lowest BCUT2D eigenvalue weighted by Crippen LogP contribution is -2.00. The Hall–Kier alpha value is -3.59. The molecule has 0 unspecified atom stereocenters. The Bertz CT molecular complexity index is 1130. The summed E-state index contributed by atoms with van der Waals surface area (Å²) in [6.07, 6.45) is 0. The van der Waals surface area contributed by atoms with E-state index in [0.29, 0.717) is 23.0 Å². The van der Waals surface area contributed by atoms with E-state index in [9.17, 15) is 0 Å². The monoisotopic (exact) mass is 477 g/mol. The van der Waals surface area contributed by atoms with Gasteiger partial charge in [-0.25, -0.2) is 13.8 Å². The highest BCUT2D eigenvalue weighted by molar-refractivity contribution is 7.61. The molecule has 0 aliphatic rings. The third-order valence-corrected chi connectivity index (χ3v) is 7.85. The van der Waals surface area contributed by atoms with E-state index in [1.54, 1.807) is 7.05 Å². The first-order chi connectivity index (χ1) is 16.2. The van der Waals surface area contributed by atoms with Gasteiger partial charge in [-0.05, 0) is 48.5 Å². The van der Waals surface area contributed by atoms with Gasteiger partial charge in [0.2, 0.25) is 0 Å². The lowest BCUT2D eigenvalue weighted by Gasteiger charge is -2.17. The van der Waals surface area contributed by atoms with Gasteiger partial charge in [0, 0.05) is 7.05 Å². The van der Waals surface area contributed by atoms with Crippen LogP contribution < -0.4 is 18.1 Å². The second-order valence-electron chi connectivity index (χ2n) is 6.64. The highest BCUT2D eigenvalue weighted by atomic mass is 31.2. The maximum Gasteiger partial charge on any atom is 0.679 e. The van der Waals surface area contributed by atoms with Crippen molar-refractivity contribution in [1.82, 2.24) is 0 Å². The molecule has 0 aliphatic heterocycles. The van der Waals surface area contributed by atoms with Gasteiger partial charge in [-0.1, -0.05) is 72.8 Å². The minimum atomic E-state index is -3.22. The molecule has 4 aromatic carbocycles. The van der Waals surface area contributed by atoms with Crippen LogP contribution in [0.3, 0.4) is 0 Å². The molecule has 0 fully saturated rings. The summed E-state index contributed by atoms with van der Waals surface area (Å²) in [5.74, 6) is 2.42. The van der Waals surface area contributed by atoms with Crippen LogP contribution in [0.1, 0.15) is 0 Å². The average molecular weight is 477 g/mol. The largest absolute Gasteiger partial charge is 0.679 e. The summed E-state index contributed by atoms with van der Waals surface area (Å²) in [6, 6.07) is 37.5. The standard InChI is InChI=1S/C25H23N2O4P2/c1-26-33(30-24-18-10-4-11-19-24,31-25-20-12-5-13-21-25)27-32(28-22-14-6-2-7-15-22)29-23-16-8-3-9-17-23/h2-21H,1H3/q+1. The van der Waals surface area contributed by atoms with Crippen LogP contribution in [0, 0.1) is 0 Å². The molecular formula is C25H23N2O4P2+. The number of hydrogen-bond acceptors (Lipinski definition) is 5. The predicted molar refractivity (Wildman–Crippen MR) is 133 cm³/mol. The van der Waals surface area contributed by atoms with Crippen molar-refractivity contribution in [3.05, 3.63) is 121 Å². The van der Waals surface area contributed by atoms with Crippen LogP contribution in [0.2, 0.25) is 0 Å². The molecule has 0 N–H and O–H groups in total. The minimum Gasteiger partial charge on any atom is -0.412 e. The van der Waals surface area contributed by atoms with Crippen LogP contribution in [-0.2, 0) is 0 Å². The molecule has 166 valence electrons. The van der Waals surface area contributed by atoms with Gasteiger partial charge in [0.05, 0.1) is 4.52 Å². The first kappa shape index (κ1) is 22.6. The van der Waals surface area contributed by atoms with E-state index in [1.807, 2.05) is 121 Å². The van der Waals surface area contributed by atoms with Crippen molar-refractivity contribution in [2.45, 2.75) is 0 Å². The molecule has 0 aliphatic carbocycles. The molecule has 0 radical (unpaired) electrons. The summed E-state index contributed by atoms with van der Waals surface area (Å²) in [6.45, 7) is 0. The van der Waals surface area contributed by atoms with E-state index in [0.717, 1.165) is 0 Å². The molecule has 0 amide bonds. The van der Waals surface area contributed by atoms with Gasteiger partial charge < -0.3 is 9.05 Å². The molecule has 0 spiro atoms. The SMILES string of the molecule is CN=P(N=[P+](Oc1ccccc1)Oc1ccccc1)(Oc1ccccc1)Oc1ccccc1. The summed E-state index contributed by atoms with van der Waals surface area (Å²) in [4.78, 5) is 0. The molecular weight excluding hydrogens is 454 g/mol. The zero-order chi connectivity index (χ0) is 22.8. The Morgan fingerprint density at radius 2 is 0.848 bits per heavy atom. The van der Waals surface area contributed by atoms with E-state index in [4.69, 9.17) is 22.6 Å². The molecule has 0 saturated carbocycles. The smallest absolute Gasteiger partial charge is 0.412 e. The van der Waals surface area contributed by atoms with Gasteiger partial charge in [-0.15, -0.1) is 0 Å². The summed E-state index contributed by atoms with van der Waals surface area (Å²) < 4.78 is 34.1. The van der Waals surface area contributed by atoms with E-state index in [2.05, 4.69) is 4.74 Å². The van der Waals surface area contributed by atoms with Crippen molar-refractivity contribution in [3.8, 4) is 23.0 Å². The van der Waals surface area contributed by atoms with Crippen molar-refractivity contribution in [3.63, 3.8) is 0 Å². The zero-order valence-electron chi connectivity index (χ0n) is 18.0. The quantitative estimate of drug-likeness (QED) is 0.227. The fourth-order valence-electron chi connectivity index (χ4n) is 2.70. The van der Waals surface area contributed by atoms with Crippen LogP contribution in [0.25, 0.3) is 0 Å². The molecule has 0 bridgehead atoms. The Morgan fingerprint density at radius 3 is 1.18 bits per heavy atom. The molecule has 33 heavy (non-hydrogen) atoms. The topological polar surface area (TPSA) is 61.6 Å². The average Bonchev–Trinajstić information content (AvgIpc) is 2.86. The van der Waals surface area contributed by atoms with Gasteiger partial charge in [-0.3, -0.25) is 0 Å². The van der Waals surface area contributed by atoms with Crippen LogP contribution >= 0.6 is 15.8 Å². The summed E-state index contributed by atoms with van der Waals surface area (Å²) >= 11 is 0. The third kappa shape index (κ3) is 6.69. The molecule has 4 rings (SSSR count). The lowest BCUT2D eigenvalue weighted by atomic mass is 10.3. The Morgan fingerprint density at radius 1 is 0.515 bits per heavy atom. The Balaban J connectivity index is 1.77. The van der Waals surface area contributed by atoms with Crippen LogP contribution in [-0.4, -0.2) is 7.05 Å². The van der Waals surface area contributed by atoms with Crippen molar-refractivity contribution >= 4 is 15.8 Å². The molecule has 6 nitrogen and oxygen atoms in total. The minimum absolute atomic E-state index is 0.588. The molecule has 0 saturated heterocycles. The number of rotatable bonds is 9. The van der Waals surface area contributed by atoms with E-state index in [-0.39, 0.29) is 0 Å². The van der Waals surface area contributed by atoms with E-state index in [1.165, 1.54) is 0 Å². The maximum atomic E-state index is 6.27. The highest BCUT2D eigenvalue weighted by Gasteiger charge is 2.36. The van der Waals surface area contributed by atoms with Gasteiger partial charge >= 0.3 is 15.8 Å². The van der Waals surface area contributed by atoms with E-state index >= 15 is 0 Å². The second kappa shape index (κ2) is 11.3. The molecule has 0 heterocycles. The number of para-hydroxylation sites is 4. The van der Waals surface area contributed by atoms with Gasteiger partial charge in [-0.2, -0.15) is 0 Å². The normalized spacial score (nSPS) is 10.6. The van der Waals surface area contributed by atoms with Crippen molar-refractivity contribution in [1.29, 1.82) is 0 Å². The van der Waals surface area contributed by atoms with Crippen LogP contribution in [0.15, 0.2) is 131 Å². The first-order valence-corrected chi connectivity index (χ1v) is 12.9. The van der Waals surface area contributed by atoms with Crippen LogP contribution in [0.5, 0.6) is 23.0 Å². The predicted octanol–water partition coefficient (Wildman–Crippen LogP) is 8.37. The highest BCUT2D eigenvalue weighted by Crippen LogP contribution is 2.57. The first-order valence-electron chi connectivity index (χ1n) is 10.2. The molecule has 0 atom stereocenters. The van der Waals surface area contributed by atoms with Gasteiger partial charge in [0.25, 0.3) is 0 Å². The Labute approximate surface area is 194 Å².